The number of rotatable bonds is 2. The standard InChI is InChI=1S/C12H14N2O3/c1-2-8-6-11(15)14-10-5-7(12(16)17)3-4-9(10)13-8/h3-5,8,13H,2,6H2,1H3,(H,14,15)(H,16,17). The van der Waals surface area contributed by atoms with Crippen molar-refractivity contribution in [3.8, 4) is 0 Å². The second kappa shape index (κ2) is 4.45. The van der Waals surface area contributed by atoms with Gasteiger partial charge in [-0.2, -0.15) is 0 Å². The van der Waals surface area contributed by atoms with Crippen molar-refractivity contribution in [1.82, 2.24) is 0 Å². The van der Waals surface area contributed by atoms with Crippen molar-refractivity contribution < 1.29 is 14.7 Å². The van der Waals surface area contributed by atoms with Gasteiger partial charge in [-0.15, -0.1) is 0 Å². The zero-order valence-electron chi connectivity index (χ0n) is 9.49. The second-order valence-electron chi connectivity index (χ2n) is 4.07. The van der Waals surface area contributed by atoms with E-state index in [2.05, 4.69) is 10.6 Å². The summed E-state index contributed by atoms with van der Waals surface area (Å²) in [4.78, 5) is 22.4. The normalized spacial score (nSPS) is 18.6. The number of amides is 1. The molecule has 1 aliphatic rings. The van der Waals surface area contributed by atoms with Crippen LogP contribution in [-0.4, -0.2) is 23.0 Å². The van der Waals surface area contributed by atoms with Gasteiger partial charge in [-0.25, -0.2) is 4.79 Å². The van der Waals surface area contributed by atoms with Crippen LogP contribution in [0.4, 0.5) is 11.4 Å². The Morgan fingerprint density at radius 1 is 1.47 bits per heavy atom. The lowest BCUT2D eigenvalue weighted by Gasteiger charge is -2.14. The summed E-state index contributed by atoms with van der Waals surface area (Å²) in [7, 11) is 0. The molecule has 1 unspecified atom stereocenters. The molecule has 1 atom stereocenters. The minimum Gasteiger partial charge on any atom is -0.478 e. The molecule has 1 aliphatic heterocycles. The molecule has 0 fully saturated rings. The maximum absolute atomic E-state index is 11.6. The van der Waals surface area contributed by atoms with E-state index in [-0.39, 0.29) is 17.5 Å². The Balaban J connectivity index is 2.38. The number of carboxylic acids is 1. The number of nitrogens with one attached hydrogen (secondary N) is 2. The highest BCUT2D eigenvalue weighted by atomic mass is 16.4. The molecule has 17 heavy (non-hydrogen) atoms. The van der Waals surface area contributed by atoms with Crippen LogP contribution in [0.1, 0.15) is 30.1 Å². The Hall–Kier alpha value is -2.04. The molecule has 0 saturated carbocycles. The van der Waals surface area contributed by atoms with Crippen LogP contribution in [0.3, 0.4) is 0 Å². The number of fused-ring (bicyclic) bond motifs is 1. The predicted octanol–water partition coefficient (Wildman–Crippen LogP) is 1.92. The Morgan fingerprint density at radius 3 is 2.88 bits per heavy atom. The van der Waals surface area contributed by atoms with E-state index >= 15 is 0 Å². The minimum atomic E-state index is -1.00. The number of carboxylic acid groups (broad SMARTS) is 1. The molecule has 0 saturated heterocycles. The number of anilines is 2. The van der Waals surface area contributed by atoms with E-state index < -0.39 is 5.97 Å². The molecule has 5 nitrogen and oxygen atoms in total. The van der Waals surface area contributed by atoms with Gasteiger partial charge in [0.1, 0.15) is 0 Å². The monoisotopic (exact) mass is 234 g/mol. The van der Waals surface area contributed by atoms with E-state index in [0.717, 1.165) is 12.1 Å². The molecule has 2 rings (SSSR count). The van der Waals surface area contributed by atoms with Crippen molar-refractivity contribution in [3.05, 3.63) is 23.8 Å². The van der Waals surface area contributed by atoms with Crippen molar-refractivity contribution >= 4 is 23.3 Å². The van der Waals surface area contributed by atoms with Crippen LogP contribution >= 0.6 is 0 Å². The summed E-state index contributed by atoms with van der Waals surface area (Å²) in [6.07, 6.45) is 1.24. The van der Waals surface area contributed by atoms with Gasteiger partial charge < -0.3 is 15.7 Å². The zero-order valence-corrected chi connectivity index (χ0v) is 9.49. The lowest BCUT2D eigenvalue weighted by Crippen LogP contribution is -2.21. The van der Waals surface area contributed by atoms with E-state index in [0.29, 0.717) is 12.1 Å². The van der Waals surface area contributed by atoms with Crippen LogP contribution in [0.25, 0.3) is 0 Å². The Morgan fingerprint density at radius 2 is 2.24 bits per heavy atom. The molecule has 0 spiro atoms. The number of aromatic carboxylic acids is 1. The number of carbonyl (C=O) groups is 2. The van der Waals surface area contributed by atoms with Gasteiger partial charge in [-0.3, -0.25) is 4.79 Å². The van der Waals surface area contributed by atoms with Gasteiger partial charge in [-0.1, -0.05) is 6.92 Å². The van der Waals surface area contributed by atoms with Gasteiger partial charge in [0.2, 0.25) is 5.91 Å². The average molecular weight is 234 g/mol. The SMILES string of the molecule is CCC1CC(=O)Nc2cc(C(=O)O)ccc2N1. The fraction of sp³-hybridized carbons (Fsp3) is 0.333. The fourth-order valence-corrected chi connectivity index (χ4v) is 1.85. The topological polar surface area (TPSA) is 78.4 Å². The summed E-state index contributed by atoms with van der Waals surface area (Å²) in [5.74, 6) is -1.09. The summed E-state index contributed by atoms with van der Waals surface area (Å²) in [5, 5.41) is 14.8. The Labute approximate surface area is 98.8 Å². The molecule has 1 heterocycles. The van der Waals surface area contributed by atoms with Gasteiger partial charge in [0.05, 0.1) is 16.9 Å². The van der Waals surface area contributed by atoms with Gasteiger partial charge in [0.25, 0.3) is 0 Å². The van der Waals surface area contributed by atoms with Crippen LogP contribution in [0.2, 0.25) is 0 Å². The highest BCUT2D eigenvalue weighted by molar-refractivity contribution is 5.99. The minimum absolute atomic E-state index is 0.0897. The molecular formula is C12H14N2O3. The highest BCUT2D eigenvalue weighted by Crippen LogP contribution is 2.27. The first-order valence-corrected chi connectivity index (χ1v) is 5.54. The quantitative estimate of drug-likeness (QED) is 0.730. The fourth-order valence-electron chi connectivity index (χ4n) is 1.85. The van der Waals surface area contributed by atoms with Gasteiger partial charge >= 0.3 is 5.97 Å². The molecule has 0 aliphatic carbocycles. The lowest BCUT2D eigenvalue weighted by molar-refractivity contribution is -0.116. The summed E-state index contributed by atoms with van der Waals surface area (Å²) < 4.78 is 0. The molecule has 1 aromatic carbocycles. The largest absolute Gasteiger partial charge is 0.478 e. The summed E-state index contributed by atoms with van der Waals surface area (Å²) in [6, 6.07) is 4.78. The third-order valence-electron chi connectivity index (χ3n) is 2.82. The lowest BCUT2D eigenvalue weighted by atomic mass is 10.1. The average Bonchev–Trinajstić information content (AvgIpc) is 2.45. The summed E-state index contributed by atoms with van der Waals surface area (Å²) in [5.41, 5.74) is 1.47. The van der Waals surface area contributed by atoms with Crippen LogP contribution in [0.15, 0.2) is 18.2 Å². The number of hydrogen-bond donors (Lipinski definition) is 3. The number of hydrogen-bond acceptors (Lipinski definition) is 3. The maximum Gasteiger partial charge on any atom is 0.335 e. The first-order valence-electron chi connectivity index (χ1n) is 5.54. The van der Waals surface area contributed by atoms with E-state index in [1.807, 2.05) is 6.92 Å². The molecule has 0 radical (unpaired) electrons. The predicted molar refractivity (Wildman–Crippen MR) is 64.3 cm³/mol. The third kappa shape index (κ3) is 2.38. The Bertz CT molecular complexity index is 471. The van der Waals surface area contributed by atoms with E-state index in [1.165, 1.54) is 12.1 Å². The maximum atomic E-state index is 11.6. The molecule has 1 aromatic rings. The second-order valence-corrected chi connectivity index (χ2v) is 4.07. The van der Waals surface area contributed by atoms with Gasteiger partial charge in [-0.05, 0) is 24.6 Å². The highest BCUT2D eigenvalue weighted by Gasteiger charge is 2.20. The molecule has 5 heteroatoms. The van der Waals surface area contributed by atoms with E-state index in [4.69, 9.17) is 5.11 Å². The first-order chi connectivity index (χ1) is 8.10. The number of benzene rings is 1. The van der Waals surface area contributed by atoms with Crippen molar-refractivity contribution in [2.75, 3.05) is 10.6 Å². The van der Waals surface area contributed by atoms with E-state index in [1.54, 1.807) is 6.07 Å². The number of carbonyl (C=O) groups excluding carboxylic acids is 1. The van der Waals surface area contributed by atoms with Crippen molar-refractivity contribution in [2.45, 2.75) is 25.8 Å². The summed E-state index contributed by atoms with van der Waals surface area (Å²) >= 11 is 0. The van der Waals surface area contributed by atoms with Crippen LogP contribution < -0.4 is 10.6 Å². The Kier molecular flexibility index (Phi) is 2.99. The van der Waals surface area contributed by atoms with Crippen LogP contribution in [0.5, 0.6) is 0 Å². The van der Waals surface area contributed by atoms with Crippen molar-refractivity contribution in [1.29, 1.82) is 0 Å². The molecular weight excluding hydrogens is 220 g/mol. The molecule has 90 valence electrons. The zero-order chi connectivity index (χ0) is 12.4. The first kappa shape index (κ1) is 11.4. The van der Waals surface area contributed by atoms with Crippen LogP contribution in [0, 0.1) is 0 Å². The van der Waals surface area contributed by atoms with Crippen LogP contribution in [-0.2, 0) is 4.79 Å². The van der Waals surface area contributed by atoms with E-state index in [9.17, 15) is 9.59 Å². The molecule has 0 bridgehead atoms. The van der Waals surface area contributed by atoms with Crippen molar-refractivity contribution in [3.63, 3.8) is 0 Å². The van der Waals surface area contributed by atoms with Crippen molar-refractivity contribution in [2.24, 2.45) is 0 Å². The van der Waals surface area contributed by atoms with Gasteiger partial charge in [0, 0.05) is 12.5 Å². The smallest absolute Gasteiger partial charge is 0.335 e. The summed E-state index contributed by atoms with van der Waals surface area (Å²) in [6.45, 7) is 2.00. The molecule has 0 aromatic heterocycles. The third-order valence-corrected chi connectivity index (χ3v) is 2.82. The molecule has 1 amide bonds. The van der Waals surface area contributed by atoms with Gasteiger partial charge in [0.15, 0.2) is 0 Å². The molecule has 3 N–H and O–H groups in total.